The molecule has 0 spiro atoms. The van der Waals surface area contributed by atoms with Crippen molar-refractivity contribution in [3.05, 3.63) is 58.7 Å². The molecule has 0 amide bonds. The summed E-state index contributed by atoms with van der Waals surface area (Å²) >= 11 is 0. The number of ether oxygens (including phenoxy) is 1. The van der Waals surface area contributed by atoms with Gasteiger partial charge in [0.05, 0.1) is 12.7 Å². The number of benzene rings is 2. The van der Waals surface area contributed by atoms with E-state index in [1.807, 2.05) is 69.2 Å². The first-order valence-corrected chi connectivity index (χ1v) is 6.91. The number of rotatable bonds is 4. The fourth-order valence-corrected chi connectivity index (χ4v) is 2.44. The highest BCUT2D eigenvalue weighted by molar-refractivity contribution is 6.11. The molecule has 0 aromatic heterocycles. The Morgan fingerprint density at radius 3 is 2.19 bits per heavy atom. The molecule has 21 heavy (non-hydrogen) atoms. The number of methoxy groups -OCH3 is 1. The number of anilines is 1. The molecule has 110 valence electrons. The highest BCUT2D eigenvalue weighted by atomic mass is 16.5. The molecule has 0 atom stereocenters. The van der Waals surface area contributed by atoms with Gasteiger partial charge in [0.1, 0.15) is 5.75 Å². The summed E-state index contributed by atoms with van der Waals surface area (Å²) in [5.74, 6) is 0.629. The lowest BCUT2D eigenvalue weighted by atomic mass is 9.96. The highest BCUT2D eigenvalue weighted by Crippen LogP contribution is 2.27. The fraction of sp³-hybridized carbons (Fsp3) is 0.278. The van der Waals surface area contributed by atoms with Gasteiger partial charge in [-0.3, -0.25) is 4.79 Å². The number of hydrogen-bond donors (Lipinski definition) is 0. The molecule has 2 rings (SSSR count). The maximum absolute atomic E-state index is 12.7. The molecule has 0 aliphatic rings. The maximum Gasteiger partial charge on any atom is 0.197 e. The van der Waals surface area contributed by atoms with E-state index in [-0.39, 0.29) is 5.78 Å². The molecule has 0 saturated heterocycles. The van der Waals surface area contributed by atoms with Crippen molar-refractivity contribution in [1.29, 1.82) is 0 Å². The minimum Gasteiger partial charge on any atom is -0.496 e. The molecule has 2 aromatic carbocycles. The van der Waals surface area contributed by atoms with Gasteiger partial charge in [0.2, 0.25) is 0 Å². The second kappa shape index (κ2) is 6.00. The summed E-state index contributed by atoms with van der Waals surface area (Å²) in [7, 11) is 5.55. The van der Waals surface area contributed by atoms with Crippen molar-refractivity contribution in [2.24, 2.45) is 0 Å². The first-order chi connectivity index (χ1) is 9.93. The van der Waals surface area contributed by atoms with Crippen LogP contribution in [0.4, 0.5) is 5.69 Å². The molecule has 0 N–H and O–H groups in total. The van der Waals surface area contributed by atoms with E-state index >= 15 is 0 Å². The number of carbonyl (C=O) groups is 1. The van der Waals surface area contributed by atoms with Crippen molar-refractivity contribution in [3.63, 3.8) is 0 Å². The minimum atomic E-state index is -0.00495. The van der Waals surface area contributed by atoms with Crippen LogP contribution in [0, 0.1) is 13.8 Å². The molecule has 3 nitrogen and oxygen atoms in total. The molecule has 0 saturated carbocycles. The topological polar surface area (TPSA) is 29.5 Å². The molecule has 0 aliphatic carbocycles. The van der Waals surface area contributed by atoms with E-state index in [1.165, 1.54) is 0 Å². The Morgan fingerprint density at radius 1 is 1.05 bits per heavy atom. The third-order valence-electron chi connectivity index (χ3n) is 3.54. The Bertz CT molecular complexity index is 658. The van der Waals surface area contributed by atoms with Crippen LogP contribution >= 0.6 is 0 Å². The number of hydrogen-bond acceptors (Lipinski definition) is 3. The van der Waals surface area contributed by atoms with E-state index in [0.717, 1.165) is 16.8 Å². The third-order valence-corrected chi connectivity index (χ3v) is 3.54. The molecule has 0 fully saturated rings. The second-order valence-electron chi connectivity index (χ2n) is 5.43. The lowest BCUT2D eigenvalue weighted by Crippen LogP contribution is -2.10. The van der Waals surface area contributed by atoms with Crippen molar-refractivity contribution >= 4 is 11.5 Å². The smallest absolute Gasteiger partial charge is 0.197 e. The lowest BCUT2D eigenvalue weighted by molar-refractivity contribution is 0.103. The summed E-state index contributed by atoms with van der Waals surface area (Å²) in [4.78, 5) is 14.8. The van der Waals surface area contributed by atoms with Crippen LogP contribution in [0.5, 0.6) is 5.75 Å². The summed E-state index contributed by atoms with van der Waals surface area (Å²) in [5.41, 5.74) is 4.41. The lowest BCUT2D eigenvalue weighted by Gasteiger charge is -2.14. The maximum atomic E-state index is 12.7. The molecular formula is C18H21NO2. The van der Waals surface area contributed by atoms with Crippen LogP contribution in [0.15, 0.2) is 36.4 Å². The molecular weight excluding hydrogens is 262 g/mol. The van der Waals surface area contributed by atoms with Gasteiger partial charge in [-0.2, -0.15) is 0 Å². The standard InChI is InChI=1S/C18H21NO2/c1-12-10-13(2)17(16(11-12)21-5)18(20)14-6-8-15(9-7-14)19(3)4/h6-11H,1-5H3. The van der Waals surface area contributed by atoms with Gasteiger partial charge in [0.15, 0.2) is 5.78 Å². The van der Waals surface area contributed by atoms with Crippen LogP contribution in [0.3, 0.4) is 0 Å². The van der Waals surface area contributed by atoms with Gasteiger partial charge in [-0.25, -0.2) is 0 Å². The van der Waals surface area contributed by atoms with Gasteiger partial charge >= 0.3 is 0 Å². The Balaban J connectivity index is 2.45. The second-order valence-corrected chi connectivity index (χ2v) is 5.43. The average molecular weight is 283 g/mol. The van der Waals surface area contributed by atoms with Crippen molar-refractivity contribution in [3.8, 4) is 5.75 Å². The van der Waals surface area contributed by atoms with Crippen LogP contribution < -0.4 is 9.64 Å². The Labute approximate surface area is 126 Å². The van der Waals surface area contributed by atoms with Crippen LogP contribution in [-0.4, -0.2) is 27.0 Å². The Morgan fingerprint density at radius 2 is 1.67 bits per heavy atom. The van der Waals surface area contributed by atoms with E-state index in [0.29, 0.717) is 16.9 Å². The monoisotopic (exact) mass is 283 g/mol. The zero-order chi connectivity index (χ0) is 15.6. The third kappa shape index (κ3) is 3.07. The SMILES string of the molecule is COc1cc(C)cc(C)c1C(=O)c1ccc(N(C)C)cc1. The summed E-state index contributed by atoms with van der Waals surface area (Å²) in [6.07, 6.45) is 0. The van der Waals surface area contributed by atoms with Gasteiger partial charge in [-0.15, -0.1) is 0 Å². The first-order valence-electron chi connectivity index (χ1n) is 6.91. The Hall–Kier alpha value is -2.29. The van der Waals surface area contributed by atoms with Crippen LogP contribution in [0.2, 0.25) is 0 Å². The average Bonchev–Trinajstić information content (AvgIpc) is 2.45. The largest absolute Gasteiger partial charge is 0.496 e. The Kier molecular flexibility index (Phi) is 4.32. The van der Waals surface area contributed by atoms with Gasteiger partial charge in [-0.05, 0) is 55.3 Å². The van der Waals surface area contributed by atoms with E-state index in [9.17, 15) is 4.79 Å². The molecule has 0 aliphatic heterocycles. The number of aryl methyl sites for hydroxylation is 2. The van der Waals surface area contributed by atoms with E-state index < -0.39 is 0 Å². The number of ketones is 1. The number of nitrogens with zero attached hydrogens (tertiary/aromatic N) is 1. The van der Waals surface area contributed by atoms with Gasteiger partial charge < -0.3 is 9.64 Å². The van der Waals surface area contributed by atoms with Crippen molar-refractivity contribution in [1.82, 2.24) is 0 Å². The summed E-state index contributed by atoms with van der Waals surface area (Å²) in [6, 6.07) is 11.5. The molecule has 3 heteroatoms. The van der Waals surface area contributed by atoms with Crippen molar-refractivity contribution in [2.75, 3.05) is 26.1 Å². The van der Waals surface area contributed by atoms with Gasteiger partial charge in [-0.1, -0.05) is 6.07 Å². The van der Waals surface area contributed by atoms with Crippen LogP contribution in [0.25, 0.3) is 0 Å². The zero-order valence-electron chi connectivity index (χ0n) is 13.2. The van der Waals surface area contributed by atoms with E-state index in [2.05, 4.69) is 0 Å². The van der Waals surface area contributed by atoms with E-state index in [4.69, 9.17) is 4.74 Å². The zero-order valence-corrected chi connectivity index (χ0v) is 13.2. The summed E-state index contributed by atoms with van der Waals surface area (Å²) < 4.78 is 5.38. The minimum absolute atomic E-state index is 0.00495. The molecule has 0 radical (unpaired) electrons. The molecule has 0 unspecified atom stereocenters. The predicted molar refractivity (Wildman–Crippen MR) is 86.7 cm³/mol. The normalized spacial score (nSPS) is 10.3. The van der Waals surface area contributed by atoms with Gasteiger partial charge in [0, 0.05) is 25.3 Å². The molecule has 0 heterocycles. The summed E-state index contributed by atoms with van der Waals surface area (Å²) in [5, 5.41) is 0. The number of carbonyl (C=O) groups excluding carboxylic acids is 1. The molecule has 0 bridgehead atoms. The first kappa shape index (κ1) is 15.1. The van der Waals surface area contributed by atoms with Crippen molar-refractivity contribution < 1.29 is 9.53 Å². The molecule has 2 aromatic rings. The highest BCUT2D eigenvalue weighted by Gasteiger charge is 2.17. The fourth-order valence-electron chi connectivity index (χ4n) is 2.44. The summed E-state index contributed by atoms with van der Waals surface area (Å²) in [6.45, 7) is 3.94. The predicted octanol–water partition coefficient (Wildman–Crippen LogP) is 3.61. The van der Waals surface area contributed by atoms with Gasteiger partial charge in [0.25, 0.3) is 0 Å². The van der Waals surface area contributed by atoms with Crippen molar-refractivity contribution in [2.45, 2.75) is 13.8 Å². The van der Waals surface area contributed by atoms with E-state index in [1.54, 1.807) is 7.11 Å². The van der Waals surface area contributed by atoms with Crippen LogP contribution in [0.1, 0.15) is 27.0 Å². The quantitative estimate of drug-likeness (QED) is 0.803. The van der Waals surface area contributed by atoms with Crippen LogP contribution in [-0.2, 0) is 0 Å².